The van der Waals surface area contributed by atoms with Crippen LogP contribution in [0.5, 0.6) is 0 Å². The van der Waals surface area contributed by atoms with Gasteiger partial charge < -0.3 is 4.55 Å². The van der Waals surface area contributed by atoms with Crippen LogP contribution in [0.3, 0.4) is 0 Å². The van der Waals surface area contributed by atoms with Gasteiger partial charge in [-0.25, -0.2) is 0 Å². The zero-order chi connectivity index (χ0) is 8.55. The Kier molecular flexibility index (Phi) is 1.93. The number of rotatable bonds is 2. The summed E-state index contributed by atoms with van der Waals surface area (Å²) in [5.74, 6) is 0. The van der Waals surface area contributed by atoms with Crippen molar-refractivity contribution in [1.82, 2.24) is 4.47 Å². The fraction of sp³-hybridized carbons (Fsp3) is 0.143. The molecular formula is C7H6NO3S-. The second-order valence-electron chi connectivity index (χ2n) is 2.37. The van der Waals surface area contributed by atoms with E-state index in [1.807, 2.05) is 30.3 Å². The second-order valence-corrected chi connectivity index (χ2v) is 3.17. The Balaban J connectivity index is 2.11. The van der Waals surface area contributed by atoms with Gasteiger partial charge in [0.1, 0.15) is 0 Å². The van der Waals surface area contributed by atoms with Gasteiger partial charge in [-0.3, -0.25) is 9.05 Å². The third-order valence-corrected chi connectivity index (χ3v) is 2.15. The Morgan fingerprint density at radius 2 is 2.08 bits per heavy atom. The molecule has 1 fully saturated rings. The lowest BCUT2D eigenvalue weighted by Crippen LogP contribution is -2.00. The number of hydroxylamine groups is 1. The van der Waals surface area contributed by atoms with Gasteiger partial charge in [0.2, 0.25) is 0 Å². The van der Waals surface area contributed by atoms with Gasteiger partial charge in [0.05, 0.1) is 0 Å². The van der Waals surface area contributed by atoms with Crippen molar-refractivity contribution < 1.29 is 13.6 Å². The molecule has 12 heavy (non-hydrogen) atoms. The van der Waals surface area contributed by atoms with E-state index in [4.69, 9.17) is 4.84 Å². The van der Waals surface area contributed by atoms with Crippen molar-refractivity contribution in [2.45, 2.75) is 6.23 Å². The lowest BCUT2D eigenvalue weighted by atomic mass is 10.2. The average molecular weight is 184 g/mol. The van der Waals surface area contributed by atoms with Crippen LogP contribution in [0, 0.1) is 0 Å². The fourth-order valence-corrected chi connectivity index (χ4v) is 1.41. The molecule has 0 N–H and O–H groups in total. The summed E-state index contributed by atoms with van der Waals surface area (Å²) in [6.07, 6.45) is -0.412. The molecular weight excluding hydrogens is 178 g/mol. The molecule has 0 radical (unpaired) electrons. The van der Waals surface area contributed by atoms with E-state index >= 15 is 0 Å². The van der Waals surface area contributed by atoms with Crippen molar-refractivity contribution in [2.75, 3.05) is 0 Å². The summed E-state index contributed by atoms with van der Waals surface area (Å²) >= 11 is -2.28. The van der Waals surface area contributed by atoms with Crippen LogP contribution in [-0.4, -0.2) is 13.2 Å². The van der Waals surface area contributed by atoms with E-state index in [9.17, 15) is 8.76 Å². The van der Waals surface area contributed by atoms with Gasteiger partial charge in [0.15, 0.2) is 6.23 Å². The molecule has 1 aromatic carbocycles. The molecule has 0 aliphatic carbocycles. The van der Waals surface area contributed by atoms with Crippen LogP contribution in [0.4, 0.5) is 0 Å². The van der Waals surface area contributed by atoms with Gasteiger partial charge in [-0.05, 0) is 0 Å². The molecule has 2 rings (SSSR count). The highest BCUT2D eigenvalue weighted by Gasteiger charge is 2.39. The molecule has 1 saturated heterocycles. The van der Waals surface area contributed by atoms with Gasteiger partial charge in [-0.1, -0.05) is 34.8 Å². The first-order chi connectivity index (χ1) is 5.79. The maximum atomic E-state index is 10.3. The Bertz CT molecular complexity index is 303. The molecule has 1 aliphatic rings. The van der Waals surface area contributed by atoms with Crippen LogP contribution in [0.2, 0.25) is 0 Å². The molecule has 64 valence electrons. The smallest absolute Gasteiger partial charge is 0.193 e. The van der Waals surface area contributed by atoms with E-state index in [1.54, 1.807) is 0 Å². The summed E-state index contributed by atoms with van der Waals surface area (Å²) in [7, 11) is 0. The van der Waals surface area contributed by atoms with E-state index in [0.717, 1.165) is 10.0 Å². The third-order valence-electron chi connectivity index (χ3n) is 1.58. The monoisotopic (exact) mass is 184 g/mol. The highest BCUT2D eigenvalue weighted by molar-refractivity contribution is 7.76. The normalized spacial score (nSPS) is 29.8. The summed E-state index contributed by atoms with van der Waals surface area (Å²) in [5.41, 5.74) is 0.849. The molecule has 0 bridgehead atoms. The standard InChI is InChI=1S/C7H7NO3S/c9-12(10)8-7(11-8)6-4-2-1-3-5-6/h1-5,7H,(H,9,10)/p-1/t7-,8?/m0/s1. The van der Waals surface area contributed by atoms with Crippen molar-refractivity contribution >= 4 is 11.3 Å². The molecule has 1 aromatic rings. The van der Waals surface area contributed by atoms with E-state index < -0.39 is 17.5 Å². The molecule has 0 amide bonds. The maximum absolute atomic E-state index is 10.3. The van der Waals surface area contributed by atoms with Gasteiger partial charge in [-0.15, -0.1) is 0 Å². The van der Waals surface area contributed by atoms with Gasteiger partial charge in [0, 0.05) is 16.8 Å². The van der Waals surface area contributed by atoms with Crippen molar-refractivity contribution in [3.05, 3.63) is 35.9 Å². The lowest BCUT2D eigenvalue weighted by Gasteiger charge is -1.99. The predicted octanol–water partition coefficient (Wildman–Crippen LogP) is 0.727. The molecule has 0 spiro atoms. The molecule has 4 nitrogen and oxygen atoms in total. The zero-order valence-corrected chi connectivity index (χ0v) is 6.86. The number of benzene rings is 1. The number of hydrogen-bond donors (Lipinski definition) is 0. The Morgan fingerprint density at radius 3 is 2.58 bits per heavy atom. The average Bonchev–Trinajstić information content (AvgIpc) is 2.84. The summed E-state index contributed by atoms with van der Waals surface area (Å²) in [6.45, 7) is 0. The summed E-state index contributed by atoms with van der Waals surface area (Å²) in [5, 5.41) is 0. The van der Waals surface area contributed by atoms with Crippen LogP contribution >= 0.6 is 0 Å². The number of nitrogens with zero attached hydrogens (tertiary/aromatic N) is 1. The number of hydrogen-bond acceptors (Lipinski definition) is 3. The second kappa shape index (κ2) is 2.95. The molecule has 1 heterocycles. The van der Waals surface area contributed by atoms with E-state index in [0.29, 0.717) is 0 Å². The minimum absolute atomic E-state index is 0.412. The van der Waals surface area contributed by atoms with E-state index in [1.165, 1.54) is 0 Å². The van der Waals surface area contributed by atoms with Crippen molar-refractivity contribution in [3.8, 4) is 0 Å². The summed E-state index contributed by atoms with van der Waals surface area (Å²) in [4.78, 5) is 4.79. The summed E-state index contributed by atoms with van der Waals surface area (Å²) < 4.78 is 21.6. The SMILES string of the molecule is O=S([O-])N1O[C@H]1c1ccccc1. The van der Waals surface area contributed by atoms with Crippen LogP contribution < -0.4 is 0 Å². The first kappa shape index (κ1) is 7.88. The van der Waals surface area contributed by atoms with Crippen molar-refractivity contribution in [2.24, 2.45) is 0 Å². The first-order valence-electron chi connectivity index (χ1n) is 3.39. The van der Waals surface area contributed by atoms with E-state index in [2.05, 4.69) is 0 Å². The lowest BCUT2D eigenvalue weighted by molar-refractivity contribution is 0.277. The quantitative estimate of drug-likeness (QED) is 0.503. The van der Waals surface area contributed by atoms with Crippen molar-refractivity contribution in [3.63, 3.8) is 0 Å². The van der Waals surface area contributed by atoms with Crippen LogP contribution in [0.1, 0.15) is 11.8 Å². The van der Waals surface area contributed by atoms with Crippen molar-refractivity contribution in [1.29, 1.82) is 0 Å². The minimum Gasteiger partial charge on any atom is -0.758 e. The topological polar surface area (TPSA) is 55.7 Å². The Morgan fingerprint density at radius 1 is 1.42 bits per heavy atom. The van der Waals surface area contributed by atoms with Gasteiger partial charge >= 0.3 is 0 Å². The Labute approximate surface area is 72.1 Å². The van der Waals surface area contributed by atoms with E-state index in [-0.39, 0.29) is 0 Å². The van der Waals surface area contributed by atoms with Gasteiger partial charge in [-0.2, -0.15) is 0 Å². The predicted molar refractivity (Wildman–Crippen MR) is 41.0 cm³/mol. The molecule has 5 heteroatoms. The Hall–Kier alpha value is -0.750. The molecule has 3 atom stereocenters. The largest absolute Gasteiger partial charge is 0.758 e. The molecule has 0 saturated carbocycles. The highest BCUT2D eigenvalue weighted by Crippen LogP contribution is 2.37. The molecule has 0 aromatic heterocycles. The summed E-state index contributed by atoms with van der Waals surface area (Å²) in [6, 6.07) is 9.17. The zero-order valence-electron chi connectivity index (χ0n) is 6.04. The fourth-order valence-electron chi connectivity index (χ4n) is 0.985. The molecule has 2 unspecified atom stereocenters. The van der Waals surface area contributed by atoms with Crippen LogP contribution in [0.15, 0.2) is 30.3 Å². The van der Waals surface area contributed by atoms with Crippen LogP contribution in [0.25, 0.3) is 0 Å². The van der Waals surface area contributed by atoms with Crippen LogP contribution in [-0.2, 0) is 16.1 Å². The molecule has 1 aliphatic heterocycles. The maximum Gasteiger partial charge on any atom is 0.193 e. The van der Waals surface area contributed by atoms with Gasteiger partial charge in [0.25, 0.3) is 0 Å². The highest BCUT2D eigenvalue weighted by atomic mass is 32.2. The third kappa shape index (κ3) is 1.39. The minimum atomic E-state index is -2.28. The first-order valence-corrected chi connectivity index (χ1v) is 4.42.